The SMILES string of the molecule is C[C@H]1CN(CC(=O)N(C)CC2CC2)CCN1C[C@@H](O)c1ccccc1. The summed E-state index contributed by atoms with van der Waals surface area (Å²) in [5, 5.41) is 10.4. The van der Waals surface area contributed by atoms with Crippen LogP contribution in [-0.2, 0) is 4.79 Å². The third-order valence-electron chi connectivity index (χ3n) is 5.45. The molecule has 1 aromatic carbocycles. The van der Waals surface area contributed by atoms with E-state index in [1.807, 2.05) is 42.3 Å². The van der Waals surface area contributed by atoms with Gasteiger partial charge >= 0.3 is 0 Å². The molecule has 25 heavy (non-hydrogen) atoms. The van der Waals surface area contributed by atoms with Gasteiger partial charge in [-0.2, -0.15) is 0 Å². The number of nitrogens with zero attached hydrogens (tertiary/aromatic N) is 3. The van der Waals surface area contributed by atoms with Gasteiger partial charge in [-0.1, -0.05) is 30.3 Å². The van der Waals surface area contributed by atoms with Gasteiger partial charge < -0.3 is 10.0 Å². The average molecular weight is 345 g/mol. The standard InChI is InChI=1S/C20H31N3O2/c1-16-12-22(15-20(25)21(2)13-17-8-9-17)10-11-23(16)14-19(24)18-6-4-3-5-7-18/h3-7,16-17,19,24H,8-15H2,1-2H3/t16-,19+/m0/s1. The van der Waals surface area contributed by atoms with Crippen LogP contribution in [0.25, 0.3) is 0 Å². The van der Waals surface area contributed by atoms with Gasteiger partial charge in [-0.25, -0.2) is 0 Å². The Bertz CT molecular complexity index is 561. The first-order chi connectivity index (χ1) is 12.0. The molecule has 3 rings (SSSR count). The summed E-state index contributed by atoms with van der Waals surface area (Å²) in [6.07, 6.45) is 2.09. The van der Waals surface area contributed by atoms with Gasteiger partial charge in [0.15, 0.2) is 0 Å². The molecule has 0 bridgehead atoms. The van der Waals surface area contributed by atoms with Crippen molar-refractivity contribution in [2.24, 2.45) is 5.92 Å². The Morgan fingerprint density at radius 2 is 2.00 bits per heavy atom. The van der Waals surface area contributed by atoms with Crippen LogP contribution in [0.1, 0.15) is 31.4 Å². The molecule has 5 nitrogen and oxygen atoms in total. The summed E-state index contributed by atoms with van der Waals surface area (Å²) < 4.78 is 0. The zero-order valence-corrected chi connectivity index (χ0v) is 15.5. The first kappa shape index (κ1) is 18.4. The molecule has 1 aliphatic heterocycles. The maximum atomic E-state index is 12.4. The number of piperazine rings is 1. The van der Waals surface area contributed by atoms with E-state index >= 15 is 0 Å². The number of carbonyl (C=O) groups excluding carboxylic acids is 1. The largest absolute Gasteiger partial charge is 0.387 e. The van der Waals surface area contributed by atoms with Gasteiger partial charge in [-0.15, -0.1) is 0 Å². The van der Waals surface area contributed by atoms with E-state index in [2.05, 4.69) is 16.7 Å². The summed E-state index contributed by atoms with van der Waals surface area (Å²) in [7, 11) is 1.93. The van der Waals surface area contributed by atoms with E-state index in [0.29, 0.717) is 19.1 Å². The zero-order chi connectivity index (χ0) is 17.8. The highest BCUT2D eigenvalue weighted by atomic mass is 16.3. The van der Waals surface area contributed by atoms with Crippen LogP contribution in [0.15, 0.2) is 30.3 Å². The van der Waals surface area contributed by atoms with Gasteiger partial charge in [0.1, 0.15) is 0 Å². The Labute approximate surface area is 151 Å². The van der Waals surface area contributed by atoms with Crippen LogP contribution < -0.4 is 0 Å². The fourth-order valence-corrected chi connectivity index (χ4v) is 3.59. The molecule has 0 spiro atoms. The minimum Gasteiger partial charge on any atom is -0.387 e. The molecule has 1 heterocycles. The van der Waals surface area contributed by atoms with Crippen molar-refractivity contribution in [1.29, 1.82) is 0 Å². The molecule has 1 aromatic rings. The minimum atomic E-state index is -0.457. The van der Waals surface area contributed by atoms with Crippen molar-refractivity contribution in [2.75, 3.05) is 46.3 Å². The predicted octanol–water partition coefficient (Wildman–Crippen LogP) is 1.59. The number of β-amino-alcohol motifs (C(OH)–C–C–N with tert-alkyl or cyclic N) is 1. The monoisotopic (exact) mass is 345 g/mol. The van der Waals surface area contributed by atoms with Gasteiger partial charge in [0.05, 0.1) is 12.6 Å². The second-order valence-corrected chi connectivity index (χ2v) is 7.72. The van der Waals surface area contributed by atoms with E-state index in [-0.39, 0.29) is 5.91 Å². The van der Waals surface area contributed by atoms with E-state index < -0.39 is 6.10 Å². The third kappa shape index (κ3) is 5.27. The van der Waals surface area contributed by atoms with Crippen molar-refractivity contribution in [3.63, 3.8) is 0 Å². The Morgan fingerprint density at radius 1 is 1.28 bits per heavy atom. The van der Waals surface area contributed by atoms with Crippen molar-refractivity contribution in [3.8, 4) is 0 Å². The number of aliphatic hydroxyl groups excluding tert-OH is 1. The first-order valence-corrected chi connectivity index (χ1v) is 9.46. The molecular formula is C20H31N3O2. The molecule has 5 heteroatoms. The van der Waals surface area contributed by atoms with Gasteiger partial charge in [0.25, 0.3) is 0 Å². The number of amides is 1. The number of rotatable bonds is 7. The number of benzene rings is 1. The van der Waals surface area contributed by atoms with Crippen molar-refractivity contribution in [1.82, 2.24) is 14.7 Å². The average Bonchev–Trinajstić information content (AvgIpc) is 3.42. The highest BCUT2D eigenvalue weighted by Crippen LogP contribution is 2.29. The van der Waals surface area contributed by atoms with Crippen LogP contribution in [0.4, 0.5) is 0 Å². The second kappa shape index (κ2) is 8.30. The molecule has 2 fully saturated rings. The Hall–Kier alpha value is -1.43. The second-order valence-electron chi connectivity index (χ2n) is 7.72. The number of hydrogen-bond acceptors (Lipinski definition) is 4. The normalized spacial score (nSPS) is 23.4. The topological polar surface area (TPSA) is 47.0 Å². The number of hydrogen-bond donors (Lipinski definition) is 1. The van der Waals surface area contributed by atoms with Crippen molar-refractivity contribution in [2.45, 2.75) is 31.9 Å². The van der Waals surface area contributed by atoms with Crippen LogP contribution in [-0.4, -0.2) is 78.1 Å². The third-order valence-corrected chi connectivity index (χ3v) is 5.45. The molecule has 2 aliphatic rings. The van der Waals surface area contributed by atoms with E-state index in [4.69, 9.17) is 0 Å². The van der Waals surface area contributed by atoms with Crippen LogP contribution in [0.2, 0.25) is 0 Å². The van der Waals surface area contributed by atoms with E-state index in [1.165, 1.54) is 12.8 Å². The minimum absolute atomic E-state index is 0.233. The van der Waals surface area contributed by atoms with E-state index in [0.717, 1.165) is 37.7 Å². The molecular weight excluding hydrogens is 314 g/mol. The van der Waals surface area contributed by atoms with Crippen LogP contribution >= 0.6 is 0 Å². The fourth-order valence-electron chi connectivity index (χ4n) is 3.59. The number of carbonyl (C=O) groups is 1. The van der Waals surface area contributed by atoms with Crippen molar-refractivity contribution < 1.29 is 9.90 Å². The molecule has 1 N–H and O–H groups in total. The Balaban J connectivity index is 1.44. The number of likely N-dealkylation sites (N-methyl/N-ethyl adjacent to an activating group) is 1. The van der Waals surface area contributed by atoms with Crippen LogP contribution in [0, 0.1) is 5.92 Å². The molecule has 138 valence electrons. The van der Waals surface area contributed by atoms with E-state index in [9.17, 15) is 9.90 Å². The van der Waals surface area contributed by atoms with Crippen molar-refractivity contribution >= 4 is 5.91 Å². The lowest BCUT2D eigenvalue weighted by molar-refractivity contribution is -0.132. The van der Waals surface area contributed by atoms with Crippen LogP contribution in [0.5, 0.6) is 0 Å². The lowest BCUT2D eigenvalue weighted by Crippen LogP contribution is -2.54. The number of aliphatic hydroxyl groups is 1. The predicted molar refractivity (Wildman–Crippen MR) is 99.2 cm³/mol. The summed E-state index contributed by atoms with van der Waals surface area (Å²) in [6.45, 7) is 6.92. The van der Waals surface area contributed by atoms with Gasteiger partial charge in [0.2, 0.25) is 5.91 Å². The smallest absolute Gasteiger partial charge is 0.236 e. The Morgan fingerprint density at radius 3 is 2.64 bits per heavy atom. The quantitative estimate of drug-likeness (QED) is 0.815. The summed E-state index contributed by atoms with van der Waals surface area (Å²) >= 11 is 0. The van der Waals surface area contributed by atoms with Gasteiger partial charge in [-0.3, -0.25) is 14.6 Å². The molecule has 1 saturated heterocycles. The highest BCUT2D eigenvalue weighted by molar-refractivity contribution is 5.78. The molecule has 0 unspecified atom stereocenters. The molecule has 1 amide bonds. The molecule has 0 radical (unpaired) electrons. The molecule has 2 atom stereocenters. The maximum absolute atomic E-state index is 12.4. The summed E-state index contributed by atoms with van der Waals surface area (Å²) in [5.41, 5.74) is 0.967. The summed E-state index contributed by atoms with van der Waals surface area (Å²) in [5.74, 6) is 0.973. The van der Waals surface area contributed by atoms with Crippen molar-refractivity contribution in [3.05, 3.63) is 35.9 Å². The first-order valence-electron chi connectivity index (χ1n) is 9.46. The fraction of sp³-hybridized carbons (Fsp3) is 0.650. The maximum Gasteiger partial charge on any atom is 0.236 e. The van der Waals surface area contributed by atoms with Gasteiger partial charge in [-0.05, 0) is 31.2 Å². The highest BCUT2D eigenvalue weighted by Gasteiger charge is 2.29. The molecule has 1 saturated carbocycles. The summed E-state index contributed by atoms with van der Waals surface area (Å²) in [4.78, 5) is 18.8. The van der Waals surface area contributed by atoms with E-state index in [1.54, 1.807) is 0 Å². The molecule has 0 aromatic heterocycles. The lowest BCUT2D eigenvalue weighted by Gasteiger charge is -2.40. The van der Waals surface area contributed by atoms with Gasteiger partial charge in [0, 0.05) is 45.8 Å². The summed E-state index contributed by atoms with van der Waals surface area (Å²) in [6, 6.07) is 10.2. The van der Waals surface area contributed by atoms with Crippen LogP contribution in [0.3, 0.4) is 0 Å². The Kier molecular flexibility index (Phi) is 6.10. The molecule has 1 aliphatic carbocycles. The zero-order valence-electron chi connectivity index (χ0n) is 15.5. The lowest BCUT2D eigenvalue weighted by atomic mass is 10.1.